The first-order valence-electron chi connectivity index (χ1n) is 10.2. The van der Waals surface area contributed by atoms with Crippen LogP contribution in [-0.4, -0.2) is 0 Å². The Morgan fingerprint density at radius 2 is 1.03 bits per heavy atom. The van der Waals surface area contributed by atoms with Crippen molar-refractivity contribution in [1.29, 1.82) is 10.5 Å². The molecule has 0 bridgehead atoms. The fourth-order valence-electron chi connectivity index (χ4n) is 4.51. The van der Waals surface area contributed by atoms with Gasteiger partial charge in [0.05, 0.1) is 28.2 Å². The molecule has 32 heavy (non-hydrogen) atoms. The zero-order valence-corrected chi connectivity index (χ0v) is 16.9. The summed E-state index contributed by atoms with van der Waals surface area (Å²) >= 11 is 0. The van der Waals surface area contributed by atoms with Gasteiger partial charge in [-0.25, -0.2) is 0 Å². The SMILES string of the molecule is N#Cc1cccc(C#N)c1N1c2c(ccc3ccccc23)Oc2ccc3ccccc3c21. The van der Waals surface area contributed by atoms with Crippen LogP contribution in [0.2, 0.25) is 0 Å². The minimum Gasteiger partial charge on any atom is -0.453 e. The molecule has 0 aliphatic carbocycles. The second kappa shape index (κ2) is 6.87. The van der Waals surface area contributed by atoms with Gasteiger partial charge in [0.2, 0.25) is 0 Å². The molecule has 0 saturated heterocycles. The first-order chi connectivity index (χ1) is 15.8. The van der Waals surface area contributed by atoms with Crippen LogP contribution in [0.1, 0.15) is 11.1 Å². The smallest absolute Gasteiger partial charge is 0.152 e. The van der Waals surface area contributed by atoms with Crippen LogP contribution in [0.5, 0.6) is 11.5 Å². The third kappa shape index (κ3) is 2.48. The molecular formula is C28H15N3O. The molecule has 6 rings (SSSR count). The second-order valence-corrected chi connectivity index (χ2v) is 7.63. The molecule has 5 aromatic rings. The third-order valence-electron chi connectivity index (χ3n) is 5.89. The van der Waals surface area contributed by atoms with Gasteiger partial charge in [-0.05, 0) is 35.0 Å². The van der Waals surface area contributed by atoms with Gasteiger partial charge < -0.3 is 4.74 Å². The van der Waals surface area contributed by atoms with E-state index in [9.17, 15) is 10.5 Å². The van der Waals surface area contributed by atoms with Gasteiger partial charge in [0.15, 0.2) is 11.5 Å². The number of fused-ring (bicyclic) bond motifs is 6. The Kier molecular flexibility index (Phi) is 3.87. The zero-order valence-electron chi connectivity index (χ0n) is 16.9. The van der Waals surface area contributed by atoms with Gasteiger partial charge in [-0.2, -0.15) is 10.5 Å². The first kappa shape index (κ1) is 18.0. The fraction of sp³-hybridized carbons (Fsp3) is 0. The van der Waals surface area contributed by atoms with Crippen LogP contribution >= 0.6 is 0 Å². The Labute approximate surface area is 184 Å². The number of ether oxygens (including phenoxy) is 1. The average Bonchev–Trinajstić information content (AvgIpc) is 2.86. The van der Waals surface area contributed by atoms with E-state index in [0.29, 0.717) is 28.3 Å². The maximum Gasteiger partial charge on any atom is 0.152 e. The predicted molar refractivity (Wildman–Crippen MR) is 126 cm³/mol. The summed E-state index contributed by atoms with van der Waals surface area (Å²) in [5, 5.41) is 24.0. The molecule has 148 valence electrons. The van der Waals surface area contributed by atoms with E-state index in [4.69, 9.17) is 4.74 Å². The lowest BCUT2D eigenvalue weighted by Gasteiger charge is -2.35. The summed E-state index contributed by atoms with van der Waals surface area (Å²) in [5.41, 5.74) is 3.08. The van der Waals surface area contributed by atoms with E-state index in [0.717, 1.165) is 32.9 Å². The van der Waals surface area contributed by atoms with Gasteiger partial charge in [0.25, 0.3) is 0 Å². The maximum absolute atomic E-state index is 9.97. The molecule has 4 nitrogen and oxygen atoms in total. The highest BCUT2D eigenvalue weighted by Gasteiger charge is 2.32. The standard InChI is InChI=1S/C28H15N3O/c29-16-20-8-5-9-21(17-30)26(20)31-27-22-10-3-1-6-18(22)12-14-24(27)32-25-15-13-19-7-2-4-11-23(19)28(25)31/h1-15H. The maximum atomic E-state index is 9.97. The molecule has 0 saturated carbocycles. The highest BCUT2D eigenvalue weighted by atomic mass is 16.5. The number of nitrogens with zero attached hydrogens (tertiary/aromatic N) is 3. The van der Waals surface area contributed by atoms with E-state index in [1.807, 2.05) is 77.7 Å². The van der Waals surface area contributed by atoms with Crippen LogP contribution in [-0.2, 0) is 0 Å². The van der Waals surface area contributed by atoms with Crippen molar-refractivity contribution in [3.63, 3.8) is 0 Å². The molecule has 0 radical (unpaired) electrons. The van der Waals surface area contributed by atoms with Gasteiger partial charge in [0, 0.05) is 10.8 Å². The van der Waals surface area contributed by atoms with E-state index >= 15 is 0 Å². The number of hydrogen-bond acceptors (Lipinski definition) is 4. The molecule has 0 atom stereocenters. The molecule has 0 fully saturated rings. The van der Waals surface area contributed by atoms with Gasteiger partial charge in [0.1, 0.15) is 12.1 Å². The Morgan fingerprint density at radius 3 is 1.53 bits per heavy atom. The quantitative estimate of drug-likeness (QED) is 0.286. The molecule has 0 amide bonds. The highest BCUT2D eigenvalue weighted by Crippen LogP contribution is 2.56. The van der Waals surface area contributed by atoms with Crippen LogP contribution in [0.15, 0.2) is 91.0 Å². The van der Waals surface area contributed by atoms with Gasteiger partial charge in [-0.3, -0.25) is 4.90 Å². The van der Waals surface area contributed by atoms with E-state index < -0.39 is 0 Å². The Balaban J connectivity index is 1.83. The molecule has 0 N–H and O–H groups in total. The lowest BCUT2D eigenvalue weighted by atomic mass is 9.98. The molecule has 0 spiro atoms. The monoisotopic (exact) mass is 409 g/mol. The molecular weight excluding hydrogens is 394 g/mol. The first-order valence-corrected chi connectivity index (χ1v) is 10.2. The van der Waals surface area contributed by atoms with Crippen molar-refractivity contribution in [3.05, 3.63) is 102 Å². The van der Waals surface area contributed by atoms with Crippen LogP contribution in [0.4, 0.5) is 17.1 Å². The Morgan fingerprint density at radius 1 is 0.531 bits per heavy atom. The summed E-state index contributed by atoms with van der Waals surface area (Å²) < 4.78 is 6.38. The van der Waals surface area contributed by atoms with Crippen molar-refractivity contribution in [2.45, 2.75) is 0 Å². The molecule has 5 aromatic carbocycles. The van der Waals surface area contributed by atoms with Crippen molar-refractivity contribution >= 4 is 38.6 Å². The lowest BCUT2D eigenvalue weighted by molar-refractivity contribution is 0.478. The lowest BCUT2D eigenvalue weighted by Crippen LogP contribution is -2.19. The number of anilines is 3. The van der Waals surface area contributed by atoms with Crippen molar-refractivity contribution < 1.29 is 4.74 Å². The summed E-state index contributed by atoms with van der Waals surface area (Å²) in [6.07, 6.45) is 0. The van der Waals surface area contributed by atoms with Gasteiger partial charge >= 0.3 is 0 Å². The zero-order chi connectivity index (χ0) is 21.7. The van der Waals surface area contributed by atoms with Gasteiger partial charge in [-0.1, -0.05) is 66.7 Å². The van der Waals surface area contributed by atoms with Crippen molar-refractivity contribution in [2.24, 2.45) is 0 Å². The minimum absolute atomic E-state index is 0.434. The summed E-state index contributed by atoms with van der Waals surface area (Å²) in [6, 6.07) is 33.9. The largest absolute Gasteiger partial charge is 0.453 e. The third-order valence-corrected chi connectivity index (χ3v) is 5.89. The van der Waals surface area contributed by atoms with Crippen LogP contribution in [0, 0.1) is 22.7 Å². The van der Waals surface area contributed by atoms with E-state index in [1.165, 1.54) is 0 Å². The highest BCUT2D eigenvalue weighted by molar-refractivity contribution is 6.10. The number of rotatable bonds is 1. The molecule has 0 unspecified atom stereocenters. The van der Waals surface area contributed by atoms with Crippen LogP contribution in [0.3, 0.4) is 0 Å². The summed E-state index contributed by atoms with van der Waals surface area (Å²) in [5.74, 6) is 1.37. The topological polar surface area (TPSA) is 60.0 Å². The summed E-state index contributed by atoms with van der Waals surface area (Å²) in [4.78, 5) is 2.04. The summed E-state index contributed by atoms with van der Waals surface area (Å²) in [6.45, 7) is 0. The fourth-order valence-corrected chi connectivity index (χ4v) is 4.51. The molecule has 1 heterocycles. The Hall–Kier alpha value is -4.80. The number of hydrogen-bond donors (Lipinski definition) is 0. The van der Waals surface area contributed by atoms with Gasteiger partial charge in [-0.15, -0.1) is 0 Å². The molecule has 1 aliphatic heterocycles. The minimum atomic E-state index is 0.434. The van der Waals surface area contributed by atoms with Crippen molar-refractivity contribution in [1.82, 2.24) is 0 Å². The van der Waals surface area contributed by atoms with Crippen molar-refractivity contribution in [3.8, 4) is 23.6 Å². The molecule has 4 heteroatoms. The second-order valence-electron chi connectivity index (χ2n) is 7.63. The van der Waals surface area contributed by atoms with Crippen LogP contribution in [0.25, 0.3) is 21.5 Å². The number of para-hydroxylation sites is 1. The number of benzene rings is 5. The molecule has 1 aliphatic rings. The predicted octanol–water partition coefficient (Wildman–Crippen LogP) is 7.31. The van der Waals surface area contributed by atoms with E-state index in [1.54, 1.807) is 18.2 Å². The van der Waals surface area contributed by atoms with Crippen LogP contribution < -0.4 is 9.64 Å². The number of nitriles is 2. The van der Waals surface area contributed by atoms with E-state index in [-0.39, 0.29) is 0 Å². The van der Waals surface area contributed by atoms with E-state index in [2.05, 4.69) is 12.1 Å². The summed E-state index contributed by atoms with van der Waals surface area (Å²) in [7, 11) is 0. The van der Waals surface area contributed by atoms with Crippen molar-refractivity contribution in [2.75, 3.05) is 4.90 Å². The average molecular weight is 409 g/mol. The normalized spacial score (nSPS) is 11.9. The Bertz CT molecular complexity index is 1520. The molecule has 0 aromatic heterocycles.